The first-order chi connectivity index (χ1) is 10.7. The maximum atomic E-state index is 12.3. The second-order valence-electron chi connectivity index (χ2n) is 4.41. The zero-order valence-corrected chi connectivity index (χ0v) is 11.4. The van der Waals surface area contributed by atoms with E-state index in [1.165, 1.54) is 12.5 Å². The van der Waals surface area contributed by atoms with Gasteiger partial charge in [-0.05, 0) is 24.3 Å². The zero-order chi connectivity index (χ0) is 15.4. The van der Waals surface area contributed by atoms with Crippen LogP contribution in [0.25, 0.3) is 0 Å². The summed E-state index contributed by atoms with van der Waals surface area (Å²) in [5, 5.41) is 5.17. The molecular weight excluding hydrogens is 284 g/mol. The molecule has 0 aliphatic carbocycles. The van der Waals surface area contributed by atoms with E-state index >= 15 is 0 Å². The van der Waals surface area contributed by atoms with Crippen molar-refractivity contribution in [1.82, 2.24) is 0 Å². The summed E-state index contributed by atoms with van der Waals surface area (Å²) in [4.78, 5) is 24.5. The summed E-state index contributed by atoms with van der Waals surface area (Å²) < 4.78 is 10.1. The van der Waals surface area contributed by atoms with Crippen LogP contribution in [0.5, 0.6) is 0 Å². The Hall–Kier alpha value is -3.28. The van der Waals surface area contributed by atoms with Gasteiger partial charge in [-0.15, -0.1) is 0 Å². The fraction of sp³-hybridized carbons (Fsp3) is 0. The molecule has 2 N–H and O–H groups in total. The molecule has 110 valence electrons. The van der Waals surface area contributed by atoms with E-state index in [1.54, 1.807) is 48.5 Å². The average molecular weight is 296 g/mol. The summed E-state index contributed by atoms with van der Waals surface area (Å²) in [6.07, 6.45) is 2.90. The van der Waals surface area contributed by atoms with Gasteiger partial charge in [0.15, 0.2) is 11.8 Å². The van der Waals surface area contributed by atoms with E-state index in [2.05, 4.69) is 10.6 Å². The van der Waals surface area contributed by atoms with Crippen molar-refractivity contribution in [2.24, 2.45) is 0 Å². The zero-order valence-electron chi connectivity index (χ0n) is 11.4. The van der Waals surface area contributed by atoms with E-state index in [-0.39, 0.29) is 11.1 Å². The smallest absolute Gasteiger partial charge is 0.258 e. The van der Waals surface area contributed by atoms with E-state index < -0.39 is 11.8 Å². The maximum absolute atomic E-state index is 12.3. The molecule has 0 saturated heterocycles. The predicted octanol–water partition coefficient (Wildman–Crippen LogP) is 3.38. The lowest BCUT2D eigenvalue weighted by atomic mass is 10.1. The Balaban J connectivity index is 1.83. The molecular formula is C16H12N2O4. The van der Waals surface area contributed by atoms with E-state index in [1.807, 2.05) is 0 Å². The third kappa shape index (κ3) is 2.90. The van der Waals surface area contributed by atoms with E-state index in [0.29, 0.717) is 11.8 Å². The molecule has 0 saturated carbocycles. The molecule has 2 aromatic heterocycles. The number of carbonyl (C=O) groups excluding carboxylic acids is 2. The van der Waals surface area contributed by atoms with Gasteiger partial charge in [0.2, 0.25) is 0 Å². The first kappa shape index (κ1) is 13.7. The molecule has 0 fully saturated rings. The summed E-state index contributed by atoms with van der Waals surface area (Å²) in [6.45, 7) is 0. The number of rotatable bonds is 4. The van der Waals surface area contributed by atoms with Gasteiger partial charge in [0, 0.05) is 12.1 Å². The molecule has 0 spiro atoms. The fourth-order valence-electron chi connectivity index (χ4n) is 1.94. The molecule has 2 amide bonds. The third-order valence-corrected chi connectivity index (χ3v) is 2.93. The summed E-state index contributed by atoms with van der Waals surface area (Å²) in [7, 11) is 0. The molecule has 2 heterocycles. The Morgan fingerprint density at radius 2 is 1.14 bits per heavy atom. The van der Waals surface area contributed by atoms with Crippen LogP contribution < -0.4 is 10.6 Å². The van der Waals surface area contributed by atoms with Gasteiger partial charge in [-0.2, -0.15) is 0 Å². The fourth-order valence-corrected chi connectivity index (χ4v) is 1.94. The van der Waals surface area contributed by atoms with Crippen LogP contribution >= 0.6 is 0 Å². The monoisotopic (exact) mass is 296 g/mol. The number of carbonyl (C=O) groups is 2. The van der Waals surface area contributed by atoms with E-state index in [0.717, 1.165) is 0 Å². The minimum absolute atomic E-state index is 0.239. The van der Waals surface area contributed by atoms with Crippen molar-refractivity contribution < 1.29 is 18.4 Å². The van der Waals surface area contributed by atoms with Crippen LogP contribution in [0.15, 0.2) is 69.9 Å². The molecule has 22 heavy (non-hydrogen) atoms. The molecule has 6 nitrogen and oxygen atoms in total. The molecule has 0 aliphatic heterocycles. The number of benzene rings is 1. The highest BCUT2D eigenvalue weighted by molar-refractivity contribution is 6.14. The highest BCUT2D eigenvalue weighted by Gasteiger charge is 2.18. The first-order valence-corrected chi connectivity index (χ1v) is 6.53. The molecule has 3 rings (SSSR count). The second-order valence-corrected chi connectivity index (χ2v) is 4.41. The van der Waals surface area contributed by atoms with Crippen LogP contribution in [0.3, 0.4) is 0 Å². The number of hydrogen-bond acceptors (Lipinski definition) is 4. The van der Waals surface area contributed by atoms with Crippen molar-refractivity contribution in [2.45, 2.75) is 0 Å². The lowest BCUT2D eigenvalue weighted by Crippen LogP contribution is -2.19. The highest BCUT2D eigenvalue weighted by atomic mass is 16.3. The van der Waals surface area contributed by atoms with Gasteiger partial charge >= 0.3 is 0 Å². The van der Waals surface area contributed by atoms with Crippen LogP contribution in [-0.4, -0.2) is 11.8 Å². The summed E-state index contributed by atoms with van der Waals surface area (Å²) in [5.74, 6) is -0.238. The Morgan fingerprint density at radius 3 is 1.50 bits per heavy atom. The molecule has 0 atom stereocenters. The number of amides is 2. The molecule has 0 unspecified atom stereocenters. The normalized spacial score (nSPS) is 10.2. The molecule has 6 heteroatoms. The number of nitrogens with one attached hydrogen (secondary N) is 2. The second kappa shape index (κ2) is 6.01. The topological polar surface area (TPSA) is 84.5 Å². The van der Waals surface area contributed by atoms with Gasteiger partial charge in [-0.1, -0.05) is 12.1 Å². The van der Waals surface area contributed by atoms with Gasteiger partial charge < -0.3 is 8.83 Å². The molecule has 3 aromatic rings. The molecule has 0 bridgehead atoms. The van der Waals surface area contributed by atoms with Crippen molar-refractivity contribution >= 4 is 23.6 Å². The van der Waals surface area contributed by atoms with E-state index in [9.17, 15) is 9.59 Å². The summed E-state index contributed by atoms with van der Waals surface area (Å²) in [6, 6.07) is 13.0. The highest BCUT2D eigenvalue weighted by Crippen LogP contribution is 2.16. The average Bonchev–Trinajstić information content (AvgIpc) is 3.21. The number of anilines is 2. The third-order valence-electron chi connectivity index (χ3n) is 2.93. The van der Waals surface area contributed by atoms with Crippen LogP contribution in [0.1, 0.15) is 20.7 Å². The van der Waals surface area contributed by atoms with Crippen molar-refractivity contribution in [3.8, 4) is 0 Å². The molecule has 1 aromatic carbocycles. The summed E-state index contributed by atoms with van der Waals surface area (Å²) >= 11 is 0. The van der Waals surface area contributed by atoms with Crippen molar-refractivity contribution in [1.29, 1.82) is 0 Å². The van der Waals surface area contributed by atoms with Crippen LogP contribution in [0.2, 0.25) is 0 Å². The maximum Gasteiger partial charge on any atom is 0.258 e. The van der Waals surface area contributed by atoms with Crippen LogP contribution in [0, 0.1) is 0 Å². The standard InChI is InChI=1S/C16H12N2O4/c19-15(17-13-7-3-9-21-13)11-5-1-2-6-12(11)16(20)18-14-8-4-10-22-14/h1-10H,(H,17,19)(H,18,20). The molecule has 0 radical (unpaired) electrons. The lowest BCUT2D eigenvalue weighted by molar-refractivity contribution is 0.0988. The van der Waals surface area contributed by atoms with Crippen LogP contribution in [-0.2, 0) is 0 Å². The lowest BCUT2D eigenvalue weighted by Gasteiger charge is -2.08. The minimum atomic E-state index is -0.430. The van der Waals surface area contributed by atoms with Crippen molar-refractivity contribution in [2.75, 3.05) is 10.6 Å². The Morgan fingerprint density at radius 1 is 0.682 bits per heavy atom. The molecule has 0 aliphatic rings. The predicted molar refractivity (Wildman–Crippen MR) is 79.8 cm³/mol. The Labute approximate surface area is 125 Å². The quantitative estimate of drug-likeness (QED) is 0.773. The number of furan rings is 2. The Kier molecular flexibility index (Phi) is 3.74. The number of hydrogen-bond donors (Lipinski definition) is 2. The largest absolute Gasteiger partial charge is 0.449 e. The van der Waals surface area contributed by atoms with Gasteiger partial charge in [0.05, 0.1) is 23.7 Å². The van der Waals surface area contributed by atoms with Crippen LogP contribution in [0.4, 0.5) is 11.8 Å². The van der Waals surface area contributed by atoms with Gasteiger partial charge in [-0.3, -0.25) is 20.2 Å². The van der Waals surface area contributed by atoms with Gasteiger partial charge in [0.1, 0.15) is 0 Å². The summed E-state index contributed by atoms with van der Waals surface area (Å²) in [5.41, 5.74) is 0.478. The first-order valence-electron chi connectivity index (χ1n) is 6.53. The van der Waals surface area contributed by atoms with Gasteiger partial charge in [0.25, 0.3) is 11.8 Å². The van der Waals surface area contributed by atoms with Crippen molar-refractivity contribution in [3.63, 3.8) is 0 Å². The minimum Gasteiger partial charge on any atom is -0.449 e. The SMILES string of the molecule is O=C(Nc1ccco1)c1ccccc1C(=O)Nc1ccco1. The Bertz CT molecular complexity index is 709. The van der Waals surface area contributed by atoms with Crippen molar-refractivity contribution in [3.05, 3.63) is 72.2 Å². The van der Waals surface area contributed by atoms with Gasteiger partial charge in [-0.25, -0.2) is 0 Å². The van der Waals surface area contributed by atoms with E-state index in [4.69, 9.17) is 8.83 Å².